The first kappa shape index (κ1) is 69.5. The maximum Gasteiger partial charge on any atom is 0.330 e. The third-order valence-electron chi connectivity index (χ3n) is 16.4. The second-order valence-electron chi connectivity index (χ2n) is 22.9. The van der Waals surface area contributed by atoms with E-state index in [4.69, 9.17) is 57.3 Å². The van der Waals surface area contributed by atoms with Crippen LogP contribution in [0.25, 0.3) is 56.0 Å². The first-order chi connectivity index (χ1) is 45.5. The number of hydrogen-bond donors (Lipinski definition) is 4. The van der Waals surface area contributed by atoms with Gasteiger partial charge >= 0.3 is 59.1 Å². The molecule has 2 saturated heterocycles. The summed E-state index contributed by atoms with van der Waals surface area (Å²) in [6.45, 7) is 17.3. The van der Waals surface area contributed by atoms with Crippen LogP contribution in [0.4, 0.5) is 0 Å². The maximum atomic E-state index is 14.3. The molecule has 2 unspecified atom stereocenters. The maximum absolute atomic E-state index is 14.3. The summed E-state index contributed by atoms with van der Waals surface area (Å²) in [6.07, 6.45) is -5.87. The van der Waals surface area contributed by atoms with Crippen LogP contribution in [-0.4, -0.2) is 151 Å². The van der Waals surface area contributed by atoms with Crippen molar-refractivity contribution >= 4 is 104 Å². The highest BCUT2D eigenvalue weighted by molar-refractivity contribution is 6.01. The van der Waals surface area contributed by atoms with Crippen LogP contribution in [0.5, 0.6) is 0 Å². The van der Waals surface area contributed by atoms with Crippen molar-refractivity contribution in [2.45, 2.75) is 144 Å². The number of ether oxygens (including phenoxy) is 10. The van der Waals surface area contributed by atoms with Gasteiger partial charge in [-0.05, 0) is 110 Å². The predicted molar refractivity (Wildman–Crippen MR) is 340 cm³/mol. The van der Waals surface area contributed by atoms with Gasteiger partial charge in [0.15, 0.2) is 36.9 Å². The molecule has 0 amide bonds. The normalized spacial score (nSPS) is 19.8. The van der Waals surface area contributed by atoms with Crippen LogP contribution in [0.2, 0.25) is 0 Å². The van der Waals surface area contributed by atoms with E-state index in [9.17, 15) is 57.5 Å². The molecule has 0 aromatic carbocycles. The quantitative estimate of drug-likeness (QED) is 0.0590. The first-order valence-corrected chi connectivity index (χ1v) is 30.1. The Kier molecular flexibility index (Phi) is 20.8. The summed E-state index contributed by atoms with van der Waals surface area (Å²) in [5, 5.41) is 0. The van der Waals surface area contributed by atoms with Crippen LogP contribution in [0.1, 0.15) is 143 Å². The molecular formula is C66H70N8O22. The minimum Gasteiger partial charge on any atom is -0.469 e. The number of rotatable bonds is 20. The molecule has 8 bridgehead atoms. The van der Waals surface area contributed by atoms with Crippen LogP contribution >= 0.6 is 0 Å². The van der Waals surface area contributed by atoms with Crippen molar-refractivity contribution in [3.05, 3.63) is 147 Å². The number of carbonyl (C=O) groups excluding carboxylic acids is 8. The molecule has 506 valence electrons. The first-order valence-electron chi connectivity index (χ1n) is 30.1. The van der Waals surface area contributed by atoms with Crippen molar-refractivity contribution in [3.63, 3.8) is 0 Å². The second-order valence-corrected chi connectivity index (χ2v) is 22.9. The van der Waals surface area contributed by atoms with Crippen LogP contribution in [0.3, 0.4) is 0 Å². The van der Waals surface area contributed by atoms with E-state index < -0.39 is 133 Å². The molecule has 96 heavy (non-hydrogen) atoms. The number of aromatic amines is 4. The molecule has 4 aliphatic rings. The Morgan fingerprint density at radius 3 is 1.53 bits per heavy atom. The van der Waals surface area contributed by atoms with Crippen LogP contribution in [-0.2, 0) is 92.1 Å². The van der Waals surface area contributed by atoms with E-state index in [0.717, 1.165) is 68.6 Å². The molecule has 30 nitrogen and oxygen atoms in total. The summed E-state index contributed by atoms with van der Waals surface area (Å²) >= 11 is 0. The molecule has 30 heteroatoms. The molecule has 4 N–H and O–H groups in total. The Morgan fingerprint density at radius 2 is 0.990 bits per heavy atom. The largest absolute Gasteiger partial charge is 0.469 e. The number of hydrogen-bond acceptors (Lipinski definition) is 24. The van der Waals surface area contributed by atoms with Crippen molar-refractivity contribution < 1.29 is 85.7 Å². The number of H-pyrrole nitrogens is 4. The summed E-state index contributed by atoms with van der Waals surface area (Å²) in [4.78, 5) is 177. The number of aryl methyl sites for hydroxylation is 3. The third kappa shape index (κ3) is 14.9. The van der Waals surface area contributed by atoms with Gasteiger partial charge in [0, 0.05) is 100.0 Å². The monoisotopic (exact) mass is 1330 g/mol. The lowest BCUT2D eigenvalue weighted by Crippen LogP contribution is -2.42. The van der Waals surface area contributed by atoms with Gasteiger partial charge in [-0.1, -0.05) is 12.7 Å². The molecule has 5 aromatic rings. The Bertz CT molecular complexity index is 4610. The number of nitrogens with one attached hydrogen (secondary N) is 4. The fraction of sp³-hybridized carbons (Fsp3) is 0.394. The average molecular weight is 1330 g/mol. The zero-order chi connectivity index (χ0) is 69.9. The number of aromatic nitrogens is 8. The fourth-order valence-electron chi connectivity index (χ4n) is 11.9. The standard InChI is InChI=1S/C66H70N8O22/c1-28-40(15-14-39-24-73(65(85)71-61(39)83)63-59(93-37(10)79)57(91-35(8)77)52(95-63)26-89-33(6)75)48-21-45-30(3)42(17-19-55(82)88-13)50(68-45)23-49-41(16-18-54(81)87-12)29(2)44(67-49)20-47-32(5)56(51(70-47)22-46(28)69-48)31(4)43-25-74(66(86)72-62(43)84)64-60(94-38(11)80)58(92-36(9)78)53(96-64)27-90-34(7)76/h14-15,20-25,52-53,57-60,63-64,68,70H,4,16-19,26-27H2,1-3,5-13H3,(H,71,83,85)(H,72,84,86)/b15-14+,44-20?,45-21?,46-22?,47-20?,48-21?,49-23?,50-23?,51-22?/t52-,53-,57-,58-,59-,60-,63?,64?/m1/s1. The molecule has 0 saturated carbocycles. The van der Waals surface area contributed by atoms with Crippen molar-refractivity contribution in [3.8, 4) is 0 Å². The van der Waals surface area contributed by atoms with Gasteiger partial charge in [0.25, 0.3) is 11.1 Å². The van der Waals surface area contributed by atoms with Crippen molar-refractivity contribution in [1.29, 1.82) is 0 Å². The number of esters is 8. The lowest BCUT2D eigenvalue weighted by atomic mass is 9.97. The Morgan fingerprint density at radius 1 is 0.531 bits per heavy atom. The Labute approximate surface area is 545 Å². The highest BCUT2D eigenvalue weighted by Gasteiger charge is 2.52. The molecule has 9 rings (SSSR count). The third-order valence-corrected chi connectivity index (χ3v) is 16.4. The van der Waals surface area contributed by atoms with Gasteiger partial charge in [-0.2, -0.15) is 0 Å². The zero-order valence-corrected chi connectivity index (χ0v) is 54.5. The van der Waals surface area contributed by atoms with Gasteiger partial charge in [0.05, 0.1) is 48.1 Å². The summed E-state index contributed by atoms with van der Waals surface area (Å²) in [5.41, 5.74) is 3.68. The van der Waals surface area contributed by atoms with Crippen molar-refractivity contribution in [1.82, 2.24) is 39.0 Å². The highest BCUT2D eigenvalue weighted by Crippen LogP contribution is 2.40. The Hall–Kier alpha value is -10.9. The molecule has 8 atom stereocenters. The minimum atomic E-state index is -1.59. The lowest BCUT2D eigenvalue weighted by Gasteiger charge is -2.24. The van der Waals surface area contributed by atoms with Gasteiger partial charge < -0.3 is 57.3 Å². The van der Waals surface area contributed by atoms with Gasteiger partial charge in [-0.3, -0.25) is 67.0 Å². The molecule has 5 aromatic heterocycles. The molecule has 4 aliphatic heterocycles. The number of allylic oxidation sites excluding steroid dienone is 5. The fourth-order valence-corrected chi connectivity index (χ4v) is 11.9. The van der Waals surface area contributed by atoms with E-state index in [1.54, 1.807) is 38.1 Å². The highest BCUT2D eigenvalue weighted by atomic mass is 16.7. The molecular weight excluding hydrogens is 1260 g/mol. The summed E-state index contributed by atoms with van der Waals surface area (Å²) in [7, 11) is 2.57. The van der Waals surface area contributed by atoms with E-state index >= 15 is 0 Å². The van der Waals surface area contributed by atoms with Gasteiger partial charge in [0.2, 0.25) is 0 Å². The second kappa shape index (κ2) is 28.8. The number of fused-ring (bicyclic) bond motifs is 8. The Balaban J connectivity index is 1.28. The summed E-state index contributed by atoms with van der Waals surface area (Å²) in [5.74, 6) is -5.71. The van der Waals surface area contributed by atoms with Crippen molar-refractivity contribution in [2.24, 2.45) is 0 Å². The number of nitrogens with zero attached hydrogens (tertiary/aromatic N) is 4. The molecule has 0 spiro atoms. The SMILES string of the molecule is C=C(c1cn(C2O[C@H](COC(C)=O)[C@@H](OC(C)=O)[C@H]2OC(C)=O)c(=O)[nH]c1=O)c1c(C)c2cc3nc(cc4[nH]c(cc5nc(cc1[nH]2)C(C)=C5/C=C/c1cn(C2O[C@H](COC(C)=O)[C@@H](OC(C)=O)[C@H]2OC(C)=O)c(=O)[nH]c1=O)c(C)c4CCC(=O)OC)C(CCC(=O)OC)=C3C. The van der Waals surface area contributed by atoms with Crippen molar-refractivity contribution in [2.75, 3.05) is 27.4 Å². The molecule has 0 radical (unpaired) electrons. The van der Waals surface area contributed by atoms with E-state index in [0.29, 0.717) is 83.8 Å². The predicted octanol–water partition coefficient (Wildman–Crippen LogP) is 4.97. The van der Waals surface area contributed by atoms with E-state index in [1.165, 1.54) is 20.3 Å². The van der Waals surface area contributed by atoms with Gasteiger partial charge in [-0.25, -0.2) is 19.6 Å². The van der Waals surface area contributed by atoms with E-state index in [1.807, 2.05) is 19.9 Å². The van der Waals surface area contributed by atoms with Gasteiger partial charge in [0.1, 0.15) is 25.4 Å². The molecule has 9 heterocycles. The summed E-state index contributed by atoms with van der Waals surface area (Å²) < 4.78 is 56.9. The number of carbonyl (C=O) groups is 8. The zero-order valence-electron chi connectivity index (χ0n) is 54.5. The lowest BCUT2D eigenvalue weighted by molar-refractivity contribution is -0.166. The van der Waals surface area contributed by atoms with Crippen LogP contribution < -0.4 is 22.5 Å². The topological polar surface area (TPSA) is 396 Å². The van der Waals surface area contributed by atoms with Gasteiger partial charge in [-0.15, -0.1) is 0 Å². The van der Waals surface area contributed by atoms with Crippen LogP contribution in [0, 0.1) is 13.8 Å². The molecule has 0 aliphatic carbocycles. The average Bonchev–Trinajstić information content (AvgIpc) is 1.60. The summed E-state index contributed by atoms with van der Waals surface area (Å²) in [6, 6.07) is 7.00. The number of methoxy groups -OCH3 is 2. The minimum absolute atomic E-state index is 0.00790. The van der Waals surface area contributed by atoms with E-state index in [-0.39, 0.29) is 42.4 Å². The smallest absolute Gasteiger partial charge is 0.330 e. The van der Waals surface area contributed by atoms with E-state index in [2.05, 4.69) is 26.5 Å². The molecule has 2 fully saturated rings. The van der Waals surface area contributed by atoms with Crippen LogP contribution in [0.15, 0.2) is 68.5 Å².